The zero-order valence-corrected chi connectivity index (χ0v) is 46.1. The normalized spacial score (nSPS) is 11.6. The number of rotatable bonds is 29. The summed E-state index contributed by atoms with van der Waals surface area (Å²) in [5.41, 5.74) is 3.21. The van der Waals surface area contributed by atoms with Crippen molar-refractivity contribution in [2.24, 2.45) is 11.8 Å². The van der Waals surface area contributed by atoms with Gasteiger partial charge in [0.1, 0.15) is 28.7 Å². The van der Waals surface area contributed by atoms with Gasteiger partial charge >= 0.3 is 11.9 Å². The molecule has 0 aliphatic rings. The highest BCUT2D eigenvalue weighted by Gasteiger charge is 2.24. The van der Waals surface area contributed by atoms with Crippen LogP contribution in [0.15, 0.2) is 109 Å². The Balaban J connectivity index is 1.04. The summed E-state index contributed by atoms with van der Waals surface area (Å²) in [6.07, 6.45) is 8.52. The Morgan fingerprint density at radius 3 is 1.27 bits per heavy atom. The summed E-state index contributed by atoms with van der Waals surface area (Å²) in [5, 5.41) is 15.9. The highest BCUT2D eigenvalue weighted by molar-refractivity contribution is 6.08. The molecule has 0 fully saturated rings. The summed E-state index contributed by atoms with van der Waals surface area (Å²) in [6.45, 7) is 9.14. The molecule has 2 atom stereocenters. The van der Waals surface area contributed by atoms with Gasteiger partial charge < -0.3 is 58.4 Å². The SMILES string of the molecule is CCCCC(CC)COc1cc(OC)c(C(=O)Nc2ccc(C(=O)Oc3ccc(-c4ccc(OC(=O)c5ccc(NC(=O)c6cc(OC)c(OCC(CC)CCCC)cc6OC)c(OC)c5)cc4)cc3)cc2CO)cc1OC. The summed E-state index contributed by atoms with van der Waals surface area (Å²) in [4.78, 5) is 53.9. The van der Waals surface area contributed by atoms with Gasteiger partial charge in [0.15, 0.2) is 23.0 Å². The molecule has 6 aromatic carbocycles. The van der Waals surface area contributed by atoms with E-state index in [1.54, 1.807) is 78.9 Å². The monoisotopic (exact) mass is 1070 g/mol. The maximum Gasteiger partial charge on any atom is 0.343 e. The number of anilines is 2. The second-order valence-corrected chi connectivity index (χ2v) is 18.5. The Hall–Kier alpha value is -8.24. The molecule has 0 bridgehead atoms. The molecule has 414 valence electrons. The van der Waals surface area contributed by atoms with Gasteiger partial charge in [-0.15, -0.1) is 0 Å². The van der Waals surface area contributed by atoms with Crippen molar-refractivity contribution in [3.8, 4) is 62.9 Å². The number of hydrogen-bond donors (Lipinski definition) is 3. The molecular weight excluding hydrogens is 997 g/mol. The molecule has 16 nitrogen and oxygen atoms in total. The first-order valence-corrected chi connectivity index (χ1v) is 26.3. The highest BCUT2D eigenvalue weighted by atomic mass is 16.5. The number of carbonyl (C=O) groups excluding carboxylic acids is 4. The zero-order chi connectivity index (χ0) is 56.1. The third kappa shape index (κ3) is 15.5. The fourth-order valence-electron chi connectivity index (χ4n) is 8.57. The predicted molar refractivity (Wildman–Crippen MR) is 300 cm³/mol. The van der Waals surface area contributed by atoms with E-state index in [1.807, 2.05) is 0 Å². The van der Waals surface area contributed by atoms with Gasteiger partial charge in [-0.2, -0.15) is 0 Å². The summed E-state index contributed by atoms with van der Waals surface area (Å²) in [6, 6.07) is 29.1. The number of benzene rings is 6. The Morgan fingerprint density at radius 2 is 0.872 bits per heavy atom. The molecule has 3 N–H and O–H groups in total. The van der Waals surface area contributed by atoms with Gasteiger partial charge in [0, 0.05) is 35.5 Å². The second kappa shape index (κ2) is 29.3. The number of amides is 2. The number of hydrogen-bond acceptors (Lipinski definition) is 14. The maximum absolute atomic E-state index is 13.7. The van der Waals surface area contributed by atoms with Crippen LogP contribution < -0.4 is 53.3 Å². The van der Waals surface area contributed by atoms with Crippen molar-refractivity contribution in [1.29, 1.82) is 0 Å². The van der Waals surface area contributed by atoms with E-state index in [0.717, 1.165) is 62.5 Å². The van der Waals surface area contributed by atoms with E-state index in [2.05, 4.69) is 38.3 Å². The van der Waals surface area contributed by atoms with Gasteiger partial charge in [0.25, 0.3) is 11.8 Å². The number of ether oxygens (including phenoxy) is 9. The van der Waals surface area contributed by atoms with E-state index in [9.17, 15) is 24.3 Å². The molecule has 2 unspecified atom stereocenters. The minimum Gasteiger partial charge on any atom is -0.496 e. The lowest BCUT2D eigenvalue weighted by molar-refractivity contribution is 0.0725. The Bertz CT molecular complexity index is 2770. The van der Waals surface area contributed by atoms with E-state index < -0.39 is 30.4 Å². The first-order chi connectivity index (χ1) is 37.8. The Morgan fingerprint density at radius 1 is 0.462 bits per heavy atom. The van der Waals surface area contributed by atoms with Crippen LogP contribution in [0.3, 0.4) is 0 Å². The van der Waals surface area contributed by atoms with Crippen LogP contribution in [0.2, 0.25) is 0 Å². The van der Waals surface area contributed by atoms with E-state index in [-0.39, 0.29) is 56.5 Å². The average molecular weight is 1070 g/mol. The van der Waals surface area contributed by atoms with Crippen molar-refractivity contribution < 1.29 is 66.9 Å². The average Bonchev–Trinajstić information content (AvgIpc) is 3.50. The quantitative estimate of drug-likeness (QED) is 0.0296. The molecular formula is C62H72N2O14. The molecule has 16 heteroatoms. The van der Waals surface area contributed by atoms with Gasteiger partial charge in [0.05, 0.1) is 83.3 Å². The van der Waals surface area contributed by atoms with Crippen LogP contribution in [0.4, 0.5) is 11.4 Å². The lowest BCUT2D eigenvalue weighted by Crippen LogP contribution is -2.16. The zero-order valence-electron chi connectivity index (χ0n) is 46.1. The largest absolute Gasteiger partial charge is 0.496 e. The lowest BCUT2D eigenvalue weighted by atomic mass is 10.0. The number of nitrogens with one attached hydrogen (secondary N) is 2. The molecule has 0 radical (unpaired) electrons. The van der Waals surface area contributed by atoms with E-state index in [0.29, 0.717) is 59.5 Å². The molecule has 78 heavy (non-hydrogen) atoms. The van der Waals surface area contributed by atoms with Crippen molar-refractivity contribution in [2.45, 2.75) is 85.7 Å². The molecule has 0 aromatic heterocycles. The molecule has 6 rings (SSSR count). The van der Waals surface area contributed by atoms with Gasteiger partial charge in [-0.25, -0.2) is 9.59 Å². The van der Waals surface area contributed by atoms with E-state index >= 15 is 0 Å². The third-order valence-electron chi connectivity index (χ3n) is 13.4. The molecule has 0 aliphatic carbocycles. The topological polar surface area (TPSA) is 196 Å². The number of unbranched alkanes of at least 4 members (excludes halogenated alkanes) is 2. The molecule has 0 saturated heterocycles. The second-order valence-electron chi connectivity index (χ2n) is 18.5. The standard InChI is InChI=1S/C62H72N2O14/c1-10-14-16-39(12-3)37-75-57-34-52(70-5)48(32-55(57)73-8)59(66)63-50-28-22-43(30-45(50)36-65)61(68)77-46-24-18-41(19-25-46)42-20-26-47(27-21-42)78-62(69)44-23-29-51(54(31-44)72-7)64-60(67)49-33-56(74-9)58(35-53(49)71-6)76-38-40(13-4)17-15-11-2/h18-35,39-40,65H,10-17,36-38H2,1-9H3,(H,63,66)(H,64,67). The Labute approximate surface area is 457 Å². The number of aliphatic hydroxyl groups is 1. The van der Waals surface area contributed by atoms with Gasteiger partial charge in [-0.05, 0) is 96.5 Å². The highest BCUT2D eigenvalue weighted by Crippen LogP contribution is 2.39. The van der Waals surface area contributed by atoms with Crippen molar-refractivity contribution in [3.05, 3.63) is 137 Å². The van der Waals surface area contributed by atoms with Crippen LogP contribution in [0.25, 0.3) is 11.1 Å². The van der Waals surface area contributed by atoms with Crippen LogP contribution >= 0.6 is 0 Å². The van der Waals surface area contributed by atoms with Crippen molar-refractivity contribution in [1.82, 2.24) is 0 Å². The van der Waals surface area contributed by atoms with E-state index in [4.69, 9.17) is 42.6 Å². The molecule has 0 saturated carbocycles. The Kier molecular flexibility index (Phi) is 22.2. The number of carbonyl (C=O) groups is 4. The van der Waals surface area contributed by atoms with E-state index in [1.165, 1.54) is 65.9 Å². The van der Waals surface area contributed by atoms with Crippen LogP contribution in [0.5, 0.6) is 51.7 Å². The van der Waals surface area contributed by atoms with Gasteiger partial charge in [-0.1, -0.05) is 90.5 Å². The number of aliphatic hydroxyl groups excluding tert-OH is 1. The minimum absolute atomic E-state index is 0.154. The van der Waals surface area contributed by atoms with Gasteiger partial charge in [0.2, 0.25) is 0 Å². The summed E-state index contributed by atoms with van der Waals surface area (Å²) in [7, 11) is 7.37. The predicted octanol–water partition coefficient (Wildman–Crippen LogP) is 13.0. The van der Waals surface area contributed by atoms with Crippen molar-refractivity contribution in [2.75, 3.05) is 59.4 Å². The molecule has 2 amide bonds. The molecule has 0 spiro atoms. The number of esters is 2. The van der Waals surface area contributed by atoms with Crippen LogP contribution in [0, 0.1) is 11.8 Å². The van der Waals surface area contributed by atoms with Crippen molar-refractivity contribution in [3.63, 3.8) is 0 Å². The van der Waals surface area contributed by atoms with Gasteiger partial charge in [-0.3, -0.25) is 9.59 Å². The molecule has 6 aromatic rings. The molecule has 0 aliphatic heterocycles. The maximum atomic E-state index is 13.7. The fraction of sp³-hybridized carbons (Fsp3) is 0.355. The fourth-order valence-corrected chi connectivity index (χ4v) is 8.57. The van der Waals surface area contributed by atoms with Crippen LogP contribution in [-0.2, 0) is 6.61 Å². The summed E-state index contributed by atoms with van der Waals surface area (Å²) in [5.74, 6) is 1.49. The van der Waals surface area contributed by atoms with Crippen LogP contribution in [0.1, 0.15) is 126 Å². The summed E-state index contributed by atoms with van der Waals surface area (Å²) < 4.78 is 51.6. The first-order valence-electron chi connectivity index (χ1n) is 26.3. The number of methoxy groups -OCH3 is 5. The van der Waals surface area contributed by atoms with Crippen molar-refractivity contribution >= 4 is 35.1 Å². The molecule has 0 heterocycles. The first kappa shape index (κ1) is 59.0. The smallest absolute Gasteiger partial charge is 0.343 e. The summed E-state index contributed by atoms with van der Waals surface area (Å²) >= 11 is 0. The lowest BCUT2D eigenvalue weighted by Gasteiger charge is -2.19. The van der Waals surface area contributed by atoms with Crippen LogP contribution in [-0.4, -0.2) is 77.6 Å². The minimum atomic E-state index is -0.674. The third-order valence-corrected chi connectivity index (χ3v) is 13.4.